The van der Waals surface area contributed by atoms with Crippen LogP contribution in [0.2, 0.25) is 0 Å². The monoisotopic (exact) mass is 367 g/mol. The number of hydrogen-bond acceptors (Lipinski definition) is 4. The molecule has 3 rings (SSSR count). The smallest absolute Gasteiger partial charge is 0.387 e. The molecule has 1 aromatic carbocycles. The fourth-order valence-electron chi connectivity index (χ4n) is 2.57. The summed E-state index contributed by atoms with van der Waals surface area (Å²) in [5.41, 5.74) is 1.53. The molecule has 25 heavy (non-hydrogen) atoms. The fourth-order valence-corrected chi connectivity index (χ4v) is 3.36. The van der Waals surface area contributed by atoms with Gasteiger partial charge in [-0.3, -0.25) is 5.32 Å². The highest BCUT2D eigenvalue weighted by molar-refractivity contribution is 7.13. The molecule has 1 fully saturated rings. The van der Waals surface area contributed by atoms with Crippen LogP contribution in [0.25, 0.3) is 0 Å². The summed E-state index contributed by atoms with van der Waals surface area (Å²) in [5, 5.41) is 7.99. The summed E-state index contributed by atoms with van der Waals surface area (Å²) >= 11 is 1.38. The quantitative estimate of drug-likeness (QED) is 0.732. The van der Waals surface area contributed by atoms with Crippen LogP contribution in [0.3, 0.4) is 0 Å². The molecule has 0 spiro atoms. The van der Waals surface area contributed by atoms with Crippen LogP contribution in [0.4, 0.5) is 18.7 Å². The van der Waals surface area contributed by atoms with Gasteiger partial charge in [0, 0.05) is 16.9 Å². The van der Waals surface area contributed by atoms with E-state index in [1.807, 2.05) is 12.3 Å². The van der Waals surface area contributed by atoms with Crippen molar-refractivity contribution in [2.24, 2.45) is 0 Å². The Morgan fingerprint density at radius 2 is 2.16 bits per heavy atom. The second-order valence-corrected chi connectivity index (χ2v) is 6.69. The van der Waals surface area contributed by atoms with Crippen LogP contribution < -0.4 is 15.4 Å². The van der Waals surface area contributed by atoms with E-state index < -0.39 is 18.7 Å². The third-order valence-corrected chi connectivity index (χ3v) is 4.74. The van der Waals surface area contributed by atoms with E-state index >= 15 is 0 Å². The van der Waals surface area contributed by atoms with Crippen molar-refractivity contribution < 1.29 is 18.3 Å². The first-order valence-corrected chi connectivity index (χ1v) is 9.01. The minimum atomic E-state index is -2.91. The van der Waals surface area contributed by atoms with Gasteiger partial charge in [-0.25, -0.2) is 9.78 Å². The first-order chi connectivity index (χ1) is 12.1. The van der Waals surface area contributed by atoms with E-state index in [2.05, 4.69) is 20.4 Å². The lowest BCUT2D eigenvalue weighted by molar-refractivity contribution is -0.0506. The van der Waals surface area contributed by atoms with Gasteiger partial charge in [-0.1, -0.05) is 25.1 Å². The molecule has 1 unspecified atom stereocenters. The lowest BCUT2D eigenvalue weighted by Crippen LogP contribution is -2.32. The van der Waals surface area contributed by atoms with Gasteiger partial charge in [-0.15, -0.1) is 11.3 Å². The van der Waals surface area contributed by atoms with Crippen molar-refractivity contribution in [3.8, 4) is 5.75 Å². The number of urea groups is 1. The predicted molar refractivity (Wildman–Crippen MR) is 92.3 cm³/mol. The Balaban J connectivity index is 1.65. The molecule has 1 aliphatic carbocycles. The van der Waals surface area contributed by atoms with Gasteiger partial charge in [0.2, 0.25) is 0 Å². The second-order valence-electron chi connectivity index (χ2n) is 5.83. The number of carbonyl (C=O) groups is 1. The maximum atomic E-state index is 12.6. The van der Waals surface area contributed by atoms with Crippen molar-refractivity contribution in [2.45, 2.75) is 44.8 Å². The van der Waals surface area contributed by atoms with Gasteiger partial charge in [0.15, 0.2) is 5.13 Å². The van der Waals surface area contributed by atoms with E-state index in [9.17, 15) is 13.6 Å². The highest BCUT2D eigenvalue weighted by Crippen LogP contribution is 2.40. The molecule has 5 nitrogen and oxygen atoms in total. The molecule has 0 radical (unpaired) electrons. The number of alkyl halides is 2. The first-order valence-electron chi connectivity index (χ1n) is 8.13. The summed E-state index contributed by atoms with van der Waals surface area (Å²) in [4.78, 5) is 16.6. The van der Waals surface area contributed by atoms with Crippen LogP contribution in [-0.4, -0.2) is 17.6 Å². The number of nitrogens with zero attached hydrogens (tertiary/aromatic N) is 1. The number of benzene rings is 1. The Labute approximate surface area is 148 Å². The number of nitrogens with one attached hydrogen (secondary N) is 2. The molecular formula is C17H19F2N3O2S. The van der Waals surface area contributed by atoms with E-state index in [1.54, 1.807) is 18.2 Å². The summed E-state index contributed by atoms with van der Waals surface area (Å²) in [5.74, 6) is 0.589. The average molecular weight is 367 g/mol. The van der Waals surface area contributed by atoms with Gasteiger partial charge in [0.1, 0.15) is 5.75 Å². The van der Waals surface area contributed by atoms with E-state index in [4.69, 9.17) is 0 Å². The Kier molecular flexibility index (Phi) is 5.47. The van der Waals surface area contributed by atoms with E-state index in [-0.39, 0.29) is 5.75 Å². The van der Waals surface area contributed by atoms with Crippen LogP contribution in [-0.2, 0) is 0 Å². The number of thiazole rings is 1. The van der Waals surface area contributed by atoms with E-state index in [0.29, 0.717) is 23.0 Å². The summed E-state index contributed by atoms with van der Waals surface area (Å²) in [6.45, 7) is -1.05. The molecule has 8 heteroatoms. The third-order valence-electron chi connectivity index (χ3n) is 3.96. The van der Waals surface area contributed by atoms with Crippen LogP contribution in [0.15, 0.2) is 29.6 Å². The number of carbonyl (C=O) groups excluding carboxylic acids is 1. The van der Waals surface area contributed by atoms with Gasteiger partial charge >= 0.3 is 12.6 Å². The molecule has 1 atom stereocenters. The SMILES string of the molecule is CCC(NC(=O)Nc1nc(C2CC2)cs1)c1ccccc1OC(F)F. The minimum absolute atomic E-state index is 0.0647. The van der Waals surface area contributed by atoms with Gasteiger partial charge in [0.25, 0.3) is 0 Å². The van der Waals surface area contributed by atoms with E-state index in [0.717, 1.165) is 18.5 Å². The van der Waals surface area contributed by atoms with Gasteiger partial charge in [-0.2, -0.15) is 8.78 Å². The highest BCUT2D eigenvalue weighted by Gasteiger charge is 2.26. The Morgan fingerprint density at radius 3 is 2.84 bits per heavy atom. The van der Waals surface area contributed by atoms with Crippen LogP contribution >= 0.6 is 11.3 Å². The predicted octanol–water partition coefficient (Wildman–Crippen LogP) is 4.89. The number of ether oxygens (including phenoxy) is 1. The van der Waals surface area contributed by atoms with Crippen molar-refractivity contribution in [1.29, 1.82) is 0 Å². The van der Waals surface area contributed by atoms with Crippen LogP contribution in [0.5, 0.6) is 5.75 Å². The first kappa shape index (κ1) is 17.6. The zero-order valence-corrected chi connectivity index (χ0v) is 14.5. The number of para-hydroxylation sites is 1. The normalized spacial score (nSPS) is 15.0. The molecule has 1 saturated carbocycles. The van der Waals surface area contributed by atoms with Crippen molar-refractivity contribution in [1.82, 2.24) is 10.3 Å². The van der Waals surface area contributed by atoms with Crippen LogP contribution in [0.1, 0.15) is 49.4 Å². The maximum Gasteiger partial charge on any atom is 0.387 e. The van der Waals surface area contributed by atoms with Gasteiger partial charge in [-0.05, 0) is 25.3 Å². The minimum Gasteiger partial charge on any atom is -0.434 e. The zero-order valence-electron chi connectivity index (χ0n) is 13.7. The number of rotatable bonds is 7. The lowest BCUT2D eigenvalue weighted by Gasteiger charge is -2.20. The Morgan fingerprint density at radius 1 is 1.40 bits per heavy atom. The summed E-state index contributed by atoms with van der Waals surface area (Å²) in [7, 11) is 0. The third kappa shape index (κ3) is 4.66. The summed E-state index contributed by atoms with van der Waals surface area (Å²) in [6.07, 6.45) is 2.82. The average Bonchev–Trinajstić information content (AvgIpc) is 3.33. The Hall–Kier alpha value is -2.22. The molecular weight excluding hydrogens is 348 g/mol. The fraction of sp³-hybridized carbons (Fsp3) is 0.412. The zero-order chi connectivity index (χ0) is 17.8. The second kappa shape index (κ2) is 7.77. The largest absolute Gasteiger partial charge is 0.434 e. The number of hydrogen-bond donors (Lipinski definition) is 2. The lowest BCUT2D eigenvalue weighted by atomic mass is 10.0. The molecule has 1 aliphatic rings. The summed E-state index contributed by atoms with van der Waals surface area (Å²) < 4.78 is 29.7. The topological polar surface area (TPSA) is 63.2 Å². The Bertz CT molecular complexity index is 734. The molecule has 0 saturated heterocycles. The van der Waals surface area contributed by atoms with Crippen molar-refractivity contribution in [2.75, 3.05) is 5.32 Å². The maximum absolute atomic E-state index is 12.6. The molecule has 1 heterocycles. The molecule has 134 valence electrons. The molecule has 0 bridgehead atoms. The number of aromatic nitrogens is 1. The molecule has 2 amide bonds. The molecule has 0 aliphatic heterocycles. The summed E-state index contributed by atoms with van der Waals surface area (Å²) in [6, 6.07) is 5.60. The molecule has 2 aromatic rings. The number of anilines is 1. The van der Waals surface area contributed by atoms with Gasteiger partial charge < -0.3 is 10.1 Å². The van der Waals surface area contributed by atoms with Gasteiger partial charge in [0.05, 0.1) is 11.7 Å². The highest BCUT2D eigenvalue weighted by atomic mass is 32.1. The van der Waals surface area contributed by atoms with Crippen molar-refractivity contribution >= 4 is 22.5 Å². The van der Waals surface area contributed by atoms with E-state index in [1.165, 1.54) is 17.4 Å². The van der Waals surface area contributed by atoms with Crippen molar-refractivity contribution in [3.63, 3.8) is 0 Å². The number of amides is 2. The standard InChI is InChI=1S/C17H19F2N3O2S/c1-2-12(11-5-3-4-6-14(11)24-15(18)19)20-16(23)22-17-21-13(9-25-17)10-7-8-10/h3-6,9-10,12,15H,2,7-8H2,1H3,(H2,20,21,22,23). The molecule has 1 aromatic heterocycles. The molecule has 2 N–H and O–H groups in total. The number of halogens is 2. The van der Waals surface area contributed by atoms with Crippen LogP contribution in [0, 0.1) is 0 Å². The van der Waals surface area contributed by atoms with Crippen molar-refractivity contribution in [3.05, 3.63) is 40.9 Å².